The minimum atomic E-state index is -0.514. The standard InChI is InChI=1S/C17H22N4O3/c18-10-13-9-14(5-6-17(13)21(23)24)20-8-2-3-15(20)11-19-7-1-4-16(19)12-22/h5-6,9,15-16,22H,1-4,7-8,11-12H2. The van der Waals surface area contributed by atoms with Crippen molar-refractivity contribution in [2.75, 3.05) is 31.1 Å². The van der Waals surface area contributed by atoms with E-state index in [0.717, 1.165) is 51.0 Å². The van der Waals surface area contributed by atoms with Gasteiger partial charge in [-0.25, -0.2) is 0 Å². The van der Waals surface area contributed by atoms with E-state index in [2.05, 4.69) is 9.80 Å². The Hall–Kier alpha value is -2.17. The Labute approximate surface area is 141 Å². The molecule has 3 rings (SSSR count). The lowest BCUT2D eigenvalue weighted by molar-refractivity contribution is -0.385. The zero-order chi connectivity index (χ0) is 17.1. The van der Waals surface area contributed by atoms with Crippen LogP contribution in [-0.4, -0.2) is 53.3 Å². The molecule has 2 heterocycles. The molecule has 2 fully saturated rings. The van der Waals surface area contributed by atoms with E-state index in [0.29, 0.717) is 6.04 Å². The van der Waals surface area contributed by atoms with Gasteiger partial charge in [-0.15, -0.1) is 0 Å². The molecule has 0 aliphatic carbocycles. The number of nitrogens with zero attached hydrogens (tertiary/aromatic N) is 4. The second-order valence-electron chi connectivity index (χ2n) is 6.53. The molecule has 2 unspecified atom stereocenters. The van der Waals surface area contributed by atoms with Gasteiger partial charge in [0.05, 0.1) is 11.5 Å². The van der Waals surface area contributed by atoms with Crippen molar-refractivity contribution in [1.82, 2.24) is 4.90 Å². The number of rotatable bonds is 5. The first kappa shape index (κ1) is 16.7. The molecule has 0 amide bonds. The van der Waals surface area contributed by atoms with Crippen LogP contribution in [-0.2, 0) is 0 Å². The van der Waals surface area contributed by atoms with Crippen molar-refractivity contribution >= 4 is 11.4 Å². The quantitative estimate of drug-likeness (QED) is 0.654. The van der Waals surface area contributed by atoms with E-state index >= 15 is 0 Å². The van der Waals surface area contributed by atoms with E-state index in [9.17, 15) is 20.5 Å². The van der Waals surface area contributed by atoms with Gasteiger partial charge in [-0.1, -0.05) is 0 Å². The predicted octanol–water partition coefficient (Wildman–Crippen LogP) is 1.89. The lowest BCUT2D eigenvalue weighted by Gasteiger charge is -2.32. The predicted molar refractivity (Wildman–Crippen MR) is 89.9 cm³/mol. The molecule has 2 aliphatic heterocycles. The molecule has 1 aromatic carbocycles. The van der Waals surface area contributed by atoms with Crippen LogP contribution in [0.2, 0.25) is 0 Å². The topological polar surface area (TPSA) is 93.6 Å². The van der Waals surface area contributed by atoms with E-state index in [1.54, 1.807) is 12.1 Å². The van der Waals surface area contributed by atoms with Crippen molar-refractivity contribution in [3.63, 3.8) is 0 Å². The summed E-state index contributed by atoms with van der Waals surface area (Å²) < 4.78 is 0. The van der Waals surface area contributed by atoms with Gasteiger partial charge >= 0.3 is 0 Å². The molecule has 24 heavy (non-hydrogen) atoms. The summed E-state index contributed by atoms with van der Waals surface area (Å²) in [5, 5.41) is 29.7. The Morgan fingerprint density at radius 3 is 2.75 bits per heavy atom. The molecule has 1 N–H and O–H groups in total. The summed E-state index contributed by atoms with van der Waals surface area (Å²) in [5.41, 5.74) is 0.842. The van der Waals surface area contributed by atoms with Gasteiger partial charge in [-0.2, -0.15) is 5.26 Å². The second-order valence-corrected chi connectivity index (χ2v) is 6.53. The molecule has 0 aromatic heterocycles. The number of nitro groups is 1. The van der Waals surface area contributed by atoms with Crippen LogP contribution in [0.25, 0.3) is 0 Å². The number of anilines is 1. The monoisotopic (exact) mass is 330 g/mol. The highest BCUT2D eigenvalue weighted by Crippen LogP contribution is 2.31. The zero-order valence-electron chi connectivity index (χ0n) is 13.6. The number of nitriles is 1. The summed E-state index contributed by atoms with van der Waals surface area (Å²) in [7, 11) is 0. The van der Waals surface area contributed by atoms with Gasteiger partial charge in [-0.3, -0.25) is 15.0 Å². The second kappa shape index (κ2) is 7.16. The van der Waals surface area contributed by atoms with E-state index in [1.165, 1.54) is 6.07 Å². The van der Waals surface area contributed by atoms with Crippen LogP contribution in [0.5, 0.6) is 0 Å². The fourth-order valence-electron chi connectivity index (χ4n) is 3.93. The van der Waals surface area contributed by atoms with E-state index < -0.39 is 4.92 Å². The van der Waals surface area contributed by atoms with Crippen molar-refractivity contribution in [2.24, 2.45) is 0 Å². The number of aliphatic hydroxyl groups is 1. The summed E-state index contributed by atoms with van der Waals surface area (Å²) in [6.07, 6.45) is 4.29. The third-order valence-electron chi connectivity index (χ3n) is 5.16. The van der Waals surface area contributed by atoms with Gasteiger partial charge < -0.3 is 10.0 Å². The lowest BCUT2D eigenvalue weighted by atomic mass is 10.1. The van der Waals surface area contributed by atoms with Gasteiger partial charge in [0.25, 0.3) is 5.69 Å². The molecule has 1 aromatic rings. The summed E-state index contributed by atoms with van der Waals surface area (Å²) in [4.78, 5) is 15.1. The van der Waals surface area contributed by atoms with Crippen LogP contribution >= 0.6 is 0 Å². The van der Waals surface area contributed by atoms with Crippen LogP contribution in [0.15, 0.2) is 18.2 Å². The molecule has 2 aliphatic rings. The summed E-state index contributed by atoms with van der Waals surface area (Å²) in [6, 6.07) is 7.30. The van der Waals surface area contributed by atoms with Crippen LogP contribution in [0, 0.1) is 21.4 Å². The summed E-state index contributed by atoms with van der Waals surface area (Å²) >= 11 is 0. The van der Waals surface area contributed by atoms with Crippen LogP contribution in [0.1, 0.15) is 31.2 Å². The molecule has 0 bridgehead atoms. The van der Waals surface area contributed by atoms with E-state index in [4.69, 9.17) is 0 Å². The fraction of sp³-hybridized carbons (Fsp3) is 0.588. The van der Waals surface area contributed by atoms with Crippen molar-refractivity contribution in [1.29, 1.82) is 5.26 Å². The number of likely N-dealkylation sites (tertiary alicyclic amines) is 1. The largest absolute Gasteiger partial charge is 0.395 e. The van der Waals surface area contributed by atoms with Crippen molar-refractivity contribution < 1.29 is 10.0 Å². The zero-order valence-corrected chi connectivity index (χ0v) is 13.6. The first-order valence-electron chi connectivity index (χ1n) is 8.44. The maximum absolute atomic E-state index is 11.0. The maximum atomic E-state index is 11.0. The minimum absolute atomic E-state index is 0.109. The number of aliphatic hydroxyl groups excluding tert-OH is 1. The van der Waals surface area contributed by atoms with Crippen LogP contribution in [0.4, 0.5) is 11.4 Å². The minimum Gasteiger partial charge on any atom is -0.395 e. The Morgan fingerprint density at radius 1 is 1.29 bits per heavy atom. The van der Waals surface area contributed by atoms with Gasteiger partial charge in [0.1, 0.15) is 11.6 Å². The highest BCUT2D eigenvalue weighted by molar-refractivity contribution is 5.60. The van der Waals surface area contributed by atoms with Crippen LogP contribution < -0.4 is 4.90 Å². The highest BCUT2D eigenvalue weighted by atomic mass is 16.6. The summed E-state index contributed by atoms with van der Waals surface area (Å²) in [5.74, 6) is 0. The molecular weight excluding hydrogens is 308 g/mol. The Bertz CT molecular complexity index is 658. The van der Waals surface area contributed by atoms with Gasteiger partial charge in [0.2, 0.25) is 0 Å². The van der Waals surface area contributed by atoms with Crippen LogP contribution in [0.3, 0.4) is 0 Å². The van der Waals surface area contributed by atoms with Gasteiger partial charge in [-0.05, 0) is 44.4 Å². The molecule has 2 atom stereocenters. The number of hydrogen-bond donors (Lipinski definition) is 1. The first-order chi connectivity index (χ1) is 11.6. The normalized spacial score (nSPS) is 24.2. The maximum Gasteiger partial charge on any atom is 0.287 e. The lowest BCUT2D eigenvalue weighted by Crippen LogP contribution is -2.43. The third kappa shape index (κ3) is 3.21. The number of hydrogen-bond acceptors (Lipinski definition) is 6. The number of nitro benzene ring substituents is 1. The molecule has 0 spiro atoms. The Morgan fingerprint density at radius 2 is 2.04 bits per heavy atom. The Kier molecular flexibility index (Phi) is 4.97. The molecule has 128 valence electrons. The van der Waals surface area contributed by atoms with Crippen molar-refractivity contribution in [3.8, 4) is 6.07 Å². The third-order valence-corrected chi connectivity index (χ3v) is 5.16. The van der Waals surface area contributed by atoms with E-state index in [1.807, 2.05) is 6.07 Å². The average molecular weight is 330 g/mol. The van der Waals surface area contributed by atoms with Gasteiger partial charge in [0, 0.05) is 36.9 Å². The molecule has 0 radical (unpaired) electrons. The van der Waals surface area contributed by atoms with Crippen molar-refractivity contribution in [3.05, 3.63) is 33.9 Å². The molecule has 7 heteroatoms. The molecule has 2 saturated heterocycles. The highest BCUT2D eigenvalue weighted by Gasteiger charge is 2.32. The smallest absolute Gasteiger partial charge is 0.287 e. The van der Waals surface area contributed by atoms with Crippen molar-refractivity contribution in [2.45, 2.75) is 37.8 Å². The van der Waals surface area contributed by atoms with E-state index in [-0.39, 0.29) is 23.9 Å². The SMILES string of the molecule is N#Cc1cc(N2CCCC2CN2CCCC2CO)ccc1[N+](=O)[O-]. The Balaban J connectivity index is 1.78. The average Bonchev–Trinajstić information content (AvgIpc) is 3.23. The first-order valence-corrected chi connectivity index (χ1v) is 8.44. The molecular formula is C17H22N4O3. The molecule has 0 saturated carbocycles. The fourth-order valence-corrected chi connectivity index (χ4v) is 3.93. The summed E-state index contributed by atoms with van der Waals surface area (Å²) in [6.45, 7) is 3.00. The number of benzene rings is 1. The van der Waals surface area contributed by atoms with Gasteiger partial charge in [0.15, 0.2) is 0 Å². The molecule has 7 nitrogen and oxygen atoms in total.